The molecule has 160 valence electrons. The molecule has 0 aliphatic rings. The van der Waals surface area contributed by atoms with Gasteiger partial charge in [-0.1, -0.05) is 18.2 Å². The number of anilines is 1. The number of carboxylic acid groups (broad SMARTS) is 1. The maximum absolute atomic E-state index is 10.6. The van der Waals surface area contributed by atoms with Gasteiger partial charge in [-0.05, 0) is 30.3 Å². The average molecular weight is 432 g/mol. The van der Waals surface area contributed by atoms with Crippen LogP contribution in [0.1, 0.15) is 0 Å². The highest BCUT2D eigenvalue weighted by molar-refractivity contribution is 5.87. The molecule has 0 fully saturated rings. The van der Waals surface area contributed by atoms with E-state index in [0.29, 0.717) is 23.0 Å². The Morgan fingerprint density at radius 2 is 1.77 bits per heavy atom. The second kappa shape index (κ2) is 8.61. The number of aromatic nitrogens is 3. The zero-order valence-corrected chi connectivity index (χ0v) is 15.6. The van der Waals surface area contributed by atoms with Gasteiger partial charge in [-0.15, -0.1) is 0 Å². The normalized spacial score (nSPS) is 10.9. The standard InChI is InChI=1S/C18H14N4O2.C2HF3O2/c19-12-4-1-3-11(7-12)16-9-15-17(22-16)20-10-21-18(15)24-14-6-2-5-13(23)8-14;3-2(4,5)1(6)7/h1-10,23H,19H2,(H,20,21,22);(H,6,7). The topological polar surface area (TPSA) is 134 Å². The number of aromatic hydroxyl groups is 1. The fourth-order valence-corrected chi connectivity index (χ4v) is 2.52. The third-order valence-electron chi connectivity index (χ3n) is 3.86. The number of carboxylic acids is 1. The fourth-order valence-electron chi connectivity index (χ4n) is 2.52. The van der Waals surface area contributed by atoms with E-state index in [2.05, 4.69) is 15.0 Å². The number of rotatable bonds is 3. The molecule has 0 bridgehead atoms. The van der Waals surface area contributed by atoms with Gasteiger partial charge in [0.1, 0.15) is 23.5 Å². The monoisotopic (exact) mass is 432 g/mol. The van der Waals surface area contributed by atoms with Gasteiger partial charge in [0.15, 0.2) is 0 Å². The minimum absolute atomic E-state index is 0.132. The van der Waals surface area contributed by atoms with E-state index in [1.807, 2.05) is 30.3 Å². The van der Waals surface area contributed by atoms with Gasteiger partial charge in [0.25, 0.3) is 0 Å². The van der Waals surface area contributed by atoms with Crippen LogP contribution in [0.4, 0.5) is 18.9 Å². The molecule has 0 spiro atoms. The lowest BCUT2D eigenvalue weighted by Gasteiger charge is -2.05. The van der Waals surface area contributed by atoms with Crippen molar-refractivity contribution in [2.75, 3.05) is 5.73 Å². The first-order chi connectivity index (χ1) is 14.6. The molecule has 0 aliphatic heterocycles. The van der Waals surface area contributed by atoms with Crippen molar-refractivity contribution in [1.29, 1.82) is 0 Å². The Morgan fingerprint density at radius 1 is 1.06 bits per heavy atom. The van der Waals surface area contributed by atoms with E-state index in [9.17, 15) is 18.3 Å². The largest absolute Gasteiger partial charge is 0.508 e. The number of H-pyrrole nitrogens is 1. The summed E-state index contributed by atoms with van der Waals surface area (Å²) in [6.07, 6.45) is -3.65. The van der Waals surface area contributed by atoms with E-state index in [1.165, 1.54) is 12.4 Å². The Labute approximate surface area is 172 Å². The molecule has 0 amide bonds. The third kappa shape index (κ3) is 5.41. The third-order valence-corrected chi connectivity index (χ3v) is 3.86. The SMILES string of the molecule is Nc1cccc(-c2cc3c(Oc4cccc(O)c4)ncnc3[nH]2)c1.O=C(O)C(F)(F)F. The summed E-state index contributed by atoms with van der Waals surface area (Å²) in [6.45, 7) is 0. The highest BCUT2D eigenvalue weighted by Crippen LogP contribution is 2.31. The van der Waals surface area contributed by atoms with E-state index in [-0.39, 0.29) is 5.75 Å². The van der Waals surface area contributed by atoms with Gasteiger partial charge in [0.05, 0.1) is 5.39 Å². The highest BCUT2D eigenvalue weighted by Gasteiger charge is 2.38. The molecule has 0 atom stereocenters. The van der Waals surface area contributed by atoms with Crippen molar-refractivity contribution < 1.29 is 32.9 Å². The molecular formula is C20H15F3N4O4. The van der Waals surface area contributed by atoms with Crippen LogP contribution in [0.15, 0.2) is 60.9 Å². The number of fused-ring (bicyclic) bond motifs is 1. The first kappa shape index (κ1) is 21.4. The Hall–Kier alpha value is -4.28. The van der Waals surface area contributed by atoms with E-state index in [1.54, 1.807) is 18.2 Å². The first-order valence-corrected chi connectivity index (χ1v) is 8.60. The molecule has 11 heteroatoms. The second-order valence-electron chi connectivity index (χ2n) is 6.15. The number of phenols is 1. The number of nitrogens with one attached hydrogen (secondary N) is 1. The van der Waals surface area contributed by atoms with Crippen molar-refractivity contribution in [3.05, 3.63) is 60.9 Å². The molecule has 4 rings (SSSR count). The number of nitrogens with two attached hydrogens (primary N) is 1. The number of ether oxygens (including phenoxy) is 1. The fraction of sp³-hybridized carbons (Fsp3) is 0.0500. The zero-order chi connectivity index (χ0) is 22.6. The van der Waals surface area contributed by atoms with Crippen LogP contribution < -0.4 is 10.5 Å². The maximum Gasteiger partial charge on any atom is 0.490 e. The van der Waals surface area contributed by atoms with Crippen LogP contribution in [-0.4, -0.2) is 37.3 Å². The number of aromatic amines is 1. The van der Waals surface area contributed by atoms with Crippen LogP contribution in [0.2, 0.25) is 0 Å². The highest BCUT2D eigenvalue weighted by atomic mass is 19.4. The number of nitrogen functional groups attached to an aromatic ring is 1. The van der Waals surface area contributed by atoms with Crippen LogP contribution in [0.5, 0.6) is 17.4 Å². The van der Waals surface area contributed by atoms with Crippen LogP contribution in [-0.2, 0) is 4.79 Å². The molecule has 0 saturated carbocycles. The number of halogens is 3. The molecule has 0 aliphatic carbocycles. The predicted octanol–water partition coefficient (Wildman–Crippen LogP) is 4.34. The van der Waals surface area contributed by atoms with Crippen LogP contribution in [0.3, 0.4) is 0 Å². The lowest BCUT2D eigenvalue weighted by molar-refractivity contribution is -0.192. The van der Waals surface area contributed by atoms with Gasteiger partial charge in [0, 0.05) is 23.0 Å². The summed E-state index contributed by atoms with van der Waals surface area (Å²) in [4.78, 5) is 20.6. The van der Waals surface area contributed by atoms with Crippen LogP contribution in [0.25, 0.3) is 22.3 Å². The van der Waals surface area contributed by atoms with E-state index >= 15 is 0 Å². The number of aliphatic carboxylic acids is 1. The first-order valence-electron chi connectivity index (χ1n) is 8.60. The van der Waals surface area contributed by atoms with E-state index in [0.717, 1.165) is 16.6 Å². The number of nitrogens with zero attached hydrogens (tertiary/aromatic N) is 2. The molecular weight excluding hydrogens is 417 g/mol. The lowest BCUT2D eigenvalue weighted by Crippen LogP contribution is -2.21. The molecule has 2 aromatic carbocycles. The Kier molecular flexibility index (Phi) is 5.95. The number of carbonyl (C=O) groups is 1. The van der Waals surface area contributed by atoms with E-state index < -0.39 is 12.1 Å². The minimum Gasteiger partial charge on any atom is -0.508 e. The number of hydrogen-bond acceptors (Lipinski definition) is 6. The van der Waals surface area contributed by atoms with Gasteiger partial charge < -0.3 is 25.7 Å². The molecule has 2 heterocycles. The van der Waals surface area contributed by atoms with Gasteiger partial charge >= 0.3 is 12.1 Å². The smallest absolute Gasteiger partial charge is 0.490 e. The van der Waals surface area contributed by atoms with Crippen LogP contribution >= 0.6 is 0 Å². The van der Waals surface area contributed by atoms with Crippen molar-refractivity contribution >= 4 is 22.7 Å². The molecule has 8 nitrogen and oxygen atoms in total. The summed E-state index contributed by atoms with van der Waals surface area (Å²) < 4.78 is 37.5. The molecule has 2 aromatic heterocycles. The molecule has 0 saturated heterocycles. The predicted molar refractivity (Wildman–Crippen MR) is 106 cm³/mol. The lowest BCUT2D eigenvalue weighted by atomic mass is 10.1. The molecule has 5 N–H and O–H groups in total. The molecule has 0 radical (unpaired) electrons. The number of benzene rings is 2. The summed E-state index contributed by atoms with van der Waals surface area (Å²) in [7, 11) is 0. The molecule has 31 heavy (non-hydrogen) atoms. The van der Waals surface area contributed by atoms with Gasteiger partial charge in [-0.25, -0.2) is 14.8 Å². The Balaban J connectivity index is 0.000000339. The van der Waals surface area contributed by atoms with Gasteiger partial charge in [-0.2, -0.15) is 13.2 Å². The Bertz CT molecular complexity index is 1220. The molecule has 4 aromatic rings. The molecule has 0 unspecified atom stereocenters. The summed E-state index contributed by atoms with van der Waals surface area (Å²) >= 11 is 0. The maximum atomic E-state index is 10.6. The average Bonchev–Trinajstić information content (AvgIpc) is 3.13. The quantitative estimate of drug-likeness (QED) is 0.354. The summed E-state index contributed by atoms with van der Waals surface area (Å²) in [5, 5.41) is 17.4. The van der Waals surface area contributed by atoms with Crippen molar-refractivity contribution in [2.45, 2.75) is 6.18 Å². The summed E-state index contributed by atoms with van der Waals surface area (Å²) in [6, 6.07) is 16.1. The number of hydrogen-bond donors (Lipinski definition) is 4. The van der Waals surface area contributed by atoms with Gasteiger partial charge in [0.2, 0.25) is 5.88 Å². The van der Waals surface area contributed by atoms with Crippen molar-refractivity contribution in [3.63, 3.8) is 0 Å². The minimum atomic E-state index is -5.08. The summed E-state index contributed by atoms with van der Waals surface area (Å²) in [5.74, 6) is -1.71. The van der Waals surface area contributed by atoms with E-state index in [4.69, 9.17) is 20.4 Å². The summed E-state index contributed by atoms with van der Waals surface area (Å²) in [5.41, 5.74) is 9.03. The second-order valence-corrected chi connectivity index (χ2v) is 6.15. The van der Waals surface area contributed by atoms with Crippen molar-refractivity contribution in [1.82, 2.24) is 15.0 Å². The number of phenolic OH excluding ortho intramolecular Hbond substituents is 1. The van der Waals surface area contributed by atoms with Crippen LogP contribution in [0, 0.1) is 0 Å². The Morgan fingerprint density at radius 3 is 2.42 bits per heavy atom. The van der Waals surface area contributed by atoms with Crippen molar-refractivity contribution in [3.8, 4) is 28.6 Å². The zero-order valence-electron chi connectivity index (χ0n) is 15.6. The van der Waals surface area contributed by atoms with Crippen molar-refractivity contribution in [2.24, 2.45) is 0 Å². The van der Waals surface area contributed by atoms with Gasteiger partial charge in [-0.3, -0.25) is 0 Å². The number of alkyl halides is 3.